The molecular weight excluding hydrogens is 310 g/mol. The van der Waals surface area contributed by atoms with Gasteiger partial charge in [-0.2, -0.15) is 4.98 Å². The summed E-state index contributed by atoms with van der Waals surface area (Å²) in [6.45, 7) is 0.499. The fourth-order valence-corrected chi connectivity index (χ4v) is 2.31. The van der Waals surface area contributed by atoms with Crippen LogP contribution in [0.25, 0.3) is 11.2 Å². The number of rotatable bonds is 2. The average molecular weight is 322 g/mol. The number of nitrogens with one attached hydrogen (secondary N) is 1. The first-order chi connectivity index (χ1) is 10.2. The van der Waals surface area contributed by atoms with Gasteiger partial charge in [-0.3, -0.25) is 9.36 Å². The van der Waals surface area contributed by atoms with Crippen molar-refractivity contribution in [1.29, 1.82) is 0 Å². The Balaban J connectivity index is 0.00000144. The second-order valence-electron chi connectivity index (χ2n) is 4.65. The first-order valence-corrected chi connectivity index (χ1v) is 6.30. The standard InChI is InChI=1S/C13H11N5O3.ClH/c14-13-17-11-10(15-5-16-11)12(19)18(13)4-7-1-2-8-9(3-7)21-6-20-8;/h1-3,5H,4,6H2,(H2,14,17)(H,15,16);1H. The number of hydrogen-bond donors (Lipinski definition) is 2. The Morgan fingerprint density at radius 3 is 3.00 bits per heavy atom. The Bertz CT molecular complexity index is 904. The van der Waals surface area contributed by atoms with E-state index in [2.05, 4.69) is 15.0 Å². The Labute approximate surface area is 130 Å². The number of nitrogens with two attached hydrogens (primary N) is 1. The van der Waals surface area contributed by atoms with E-state index in [1.54, 1.807) is 6.07 Å². The number of aromatic amines is 1. The van der Waals surface area contributed by atoms with Gasteiger partial charge in [0.25, 0.3) is 5.56 Å². The van der Waals surface area contributed by atoms with Gasteiger partial charge in [0.1, 0.15) is 0 Å². The molecule has 3 N–H and O–H groups in total. The van der Waals surface area contributed by atoms with Crippen molar-refractivity contribution >= 4 is 29.5 Å². The molecule has 1 aliphatic heterocycles. The Kier molecular flexibility index (Phi) is 3.38. The van der Waals surface area contributed by atoms with Gasteiger partial charge in [0.15, 0.2) is 22.7 Å². The normalized spacial score (nSPS) is 12.4. The molecule has 1 aliphatic rings. The molecule has 0 fully saturated rings. The number of nitrogens with zero attached hydrogens (tertiary/aromatic N) is 3. The molecule has 1 aromatic carbocycles. The molecule has 8 nitrogen and oxygen atoms in total. The Hall–Kier alpha value is -2.74. The van der Waals surface area contributed by atoms with Crippen molar-refractivity contribution in [2.75, 3.05) is 12.5 Å². The number of nitrogen functional groups attached to an aromatic ring is 1. The summed E-state index contributed by atoms with van der Waals surface area (Å²) >= 11 is 0. The molecule has 0 bridgehead atoms. The van der Waals surface area contributed by atoms with Crippen molar-refractivity contribution in [2.45, 2.75) is 6.54 Å². The predicted octanol–water partition coefficient (Wildman–Crippen LogP) is 0.901. The van der Waals surface area contributed by atoms with Crippen molar-refractivity contribution in [1.82, 2.24) is 19.5 Å². The van der Waals surface area contributed by atoms with Gasteiger partial charge in [0, 0.05) is 0 Å². The van der Waals surface area contributed by atoms with Gasteiger partial charge in [-0.05, 0) is 17.7 Å². The number of benzene rings is 1. The van der Waals surface area contributed by atoms with Crippen LogP contribution in [0.4, 0.5) is 5.95 Å². The highest BCUT2D eigenvalue weighted by Crippen LogP contribution is 2.32. The Morgan fingerprint density at radius 1 is 1.32 bits per heavy atom. The maximum atomic E-state index is 12.4. The number of H-pyrrole nitrogens is 1. The van der Waals surface area contributed by atoms with E-state index in [1.165, 1.54) is 10.9 Å². The lowest BCUT2D eigenvalue weighted by atomic mass is 10.2. The third-order valence-corrected chi connectivity index (χ3v) is 3.35. The topological polar surface area (TPSA) is 108 Å². The van der Waals surface area contributed by atoms with Gasteiger partial charge in [0.2, 0.25) is 12.7 Å². The highest BCUT2D eigenvalue weighted by Gasteiger charge is 2.15. The van der Waals surface area contributed by atoms with Crippen LogP contribution >= 0.6 is 12.4 Å². The van der Waals surface area contributed by atoms with Crippen molar-refractivity contribution < 1.29 is 9.47 Å². The molecule has 0 atom stereocenters. The Morgan fingerprint density at radius 2 is 2.14 bits per heavy atom. The zero-order valence-corrected chi connectivity index (χ0v) is 12.1. The zero-order valence-electron chi connectivity index (χ0n) is 11.3. The summed E-state index contributed by atoms with van der Waals surface area (Å²) in [5.41, 5.74) is 7.10. The van der Waals surface area contributed by atoms with Gasteiger partial charge in [-0.1, -0.05) is 6.07 Å². The number of anilines is 1. The average Bonchev–Trinajstić information content (AvgIpc) is 3.11. The van der Waals surface area contributed by atoms with Crippen LogP contribution in [0.2, 0.25) is 0 Å². The van der Waals surface area contributed by atoms with Gasteiger partial charge < -0.3 is 20.2 Å². The van der Waals surface area contributed by atoms with E-state index in [0.717, 1.165) is 5.56 Å². The third kappa shape index (κ3) is 2.13. The molecule has 0 saturated carbocycles. The number of fused-ring (bicyclic) bond motifs is 2. The summed E-state index contributed by atoms with van der Waals surface area (Å²) in [5.74, 6) is 1.49. The van der Waals surface area contributed by atoms with Crippen molar-refractivity contribution in [3.63, 3.8) is 0 Å². The van der Waals surface area contributed by atoms with E-state index >= 15 is 0 Å². The number of aromatic nitrogens is 4. The SMILES string of the molecule is Cl.Nc1nc2[nH]cnc2c(=O)n1Cc1ccc2c(c1)OCO2. The molecule has 0 aliphatic carbocycles. The van der Waals surface area contributed by atoms with Crippen LogP contribution in [-0.4, -0.2) is 26.3 Å². The van der Waals surface area contributed by atoms with E-state index < -0.39 is 0 Å². The minimum absolute atomic E-state index is 0. The highest BCUT2D eigenvalue weighted by atomic mass is 35.5. The van der Waals surface area contributed by atoms with Gasteiger partial charge >= 0.3 is 0 Å². The molecule has 9 heteroatoms. The minimum atomic E-state index is -0.281. The molecular formula is C13H12ClN5O3. The number of imidazole rings is 1. The molecule has 0 amide bonds. The smallest absolute Gasteiger partial charge is 0.283 e. The second-order valence-corrected chi connectivity index (χ2v) is 4.65. The summed E-state index contributed by atoms with van der Waals surface area (Å²) in [6.07, 6.45) is 1.42. The molecule has 0 radical (unpaired) electrons. The molecule has 4 rings (SSSR count). The molecule has 3 aromatic rings. The summed E-state index contributed by atoms with van der Waals surface area (Å²) in [6, 6.07) is 5.48. The molecule has 2 aromatic heterocycles. The van der Waals surface area contributed by atoms with Gasteiger partial charge in [0.05, 0.1) is 12.9 Å². The maximum absolute atomic E-state index is 12.4. The van der Waals surface area contributed by atoms with Crippen LogP contribution in [0.5, 0.6) is 11.5 Å². The fourth-order valence-electron chi connectivity index (χ4n) is 2.31. The van der Waals surface area contributed by atoms with Crippen molar-refractivity contribution in [2.24, 2.45) is 0 Å². The maximum Gasteiger partial charge on any atom is 0.283 e. The molecule has 3 heterocycles. The summed E-state index contributed by atoms with van der Waals surface area (Å²) in [5, 5.41) is 0. The van der Waals surface area contributed by atoms with Gasteiger partial charge in [-0.15, -0.1) is 12.4 Å². The summed E-state index contributed by atoms with van der Waals surface area (Å²) < 4.78 is 12.0. The van der Waals surface area contributed by atoms with Crippen LogP contribution < -0.4 is 20.8 Å². The van der Waals surface area contributed by atoms with E-state index in [1.807, 2.05) is 12.1 Å². The molecule has 0 unspecified atom stereocenters. The van der Waals surface area contributed by atoms with Crippen LogP contribution in [-0.2, 0) is 6.54 Å². The minimum Gasteiger partial charge on any atom is -0.454 e. The van der Waals surface area contributed by atoms with Crippen LogP contribution in [0, 0.1) is 0 Å². The quantitative estimate of drug-likeness (QED) is 0.726. The number of ether oxygens (including phenoxy) is 2. The first kappa shape index (κ1) is 14.2. The second kappa shape index (κ2) is 5.23. The predicted molar refractivity (Wildman–Crippen MR) is 81.5 cm³/mol. The molecule has 0 saturated heterocycles. The van der Waals surface area contributed by atoms with E-state index in [9.17, 15) is 4.79 Å². The van der Waals surface area contributed by atoms with E-state index in [0.29, 0.717) is 17.1 Å². The molecule has 0 spiro atoms. The monoisotopic (exact) mass is 321 g/mol. The summed E-state index contributed by atoms with van der Waals surface area (Å²) in [4.78, 5) is 23.2. The van der Waals surface area contributed by atoms with Crippen molar-refractivity contribution in [3.8, 4) is 11.5 Å². The highest BCUT2D eigenvalue weighted by molar-refractivity contribution is 5.85. The lowest BCUT2D eigenvalue weighted by Gasteiger charge is -2.09. The molecule has 114 valence electrons. The first-order valence-electron chi connectivity index (χ1n) is 6.30. The fraction of sp³-hybridized carbons (Fsp3) is 0.154. The largest absolute Gasteiger partial charge is 0.454 e. The van der Waals surface area contributed by atoms with E-state index in [4.69, 9.17) is 15.2 Å². The van der Waals surface area contributed by atoms with Crippen molar-refractivity contribution in [3.05, 3.63) is 40.4 Å². The lowest BCUT2D eigenvalue weighted by Crippen LogP contribution is -2.25. The third-order valence-electron chi connectivity index (χ3n) is 3.35. The van der Waals surface area contributed by atoms with Crippen LogP contribution in [0.1, 0.15) is 5.56 Å². The van der Waals surface area contributed by atoms with Crippen LogP contribution in [0.3, 0.4) is 0 Å². The van der Waals surface area contributed by atoms with E-state index in [-0.39, 0.29) is 42.8 Å². The summed E-state index contributed by atoms with van der Waals surface area (Å²) in [7, 11) is 0. The van der Waals surface area contributed by atoms with Crippen LogP contribution in [0.15, 0.2) is 29.3 Å². The van der Waals surface area contributed by atoms with Gasteiger partial charge in [-0.25, -0.2) is 4.98 Å². The zero-order chi connectivity index (χ0) is 14.4. The molecule has 22 heavy (non-hydrogen) atoms. The number of halogens is 1. The number of hydrogen-bond acceptors (Lipinski definition) is 6. The lowest BCUT2D eigenvalue weighted by molar-refractivity contribution is 0.174.